The van der Waals surface area contributed by atoms with Crippen molar-refractivity contribution in [3.05, 3.63) is 23.8 Å². The van der Waals surface area contributed by atoms with Crippen LogP contribution in [0.4, 0.5) is 10.5 Å². The Labute approximate surface area is 141 Å². The molecule has 0 radical (unpaired) electrons. The number of rotatable bonds is 6. The fourth-order valence-electron chi connectivity index (χ4n) is 2.21. The van der Waals surface area contributed by atoms with Gasteiger partial charge in [0, 0.05) is 6.04 Å². The Kier molecular flexibility index (Phi) is 6.45. The predicted octanol–water partition coefficient (Wildman–Crippen LogP) is 2.52. The number of nitrogen functional groups attached to an aromatic ring is 1. The van der Waals surface area contributed by atoms with Crippen molar-refractivity contribution in [1.82, 2.24) is 5.32 Å². The highest BCUT2D eigenvalue weighted by Crippen LogP contribution is 2.22. The van der Waals surface area contributed by atoms with Crippen molar-refractivity contribution in [1.29, 1.82) is 0 Å². The molecule has 1 amide bonds. The molecule has 1 aromatic carbocycles. The highest BCUT2D eigenvalue weighted by molar-refractivity contribution is 5.70. The first-order chi connectivity index (χ1) is 11.0. The summed E-state index contributed by atoms with van der Waals surface area (Å²) in [7, 11) is 0. The van der Waals surface area contributed by atoms with Crippen LogP contribution in [0.15, 0.2) is 18.2 Å². The molecule has 0 saturated carbocycles. The second-order valence-electron chi connectivity index (χ2n) is 6.92. The highest BCUT2D eigenvalue weighted by atomic mass is 16.6. The van der Waals surface area contributed by atoms with Gasteiger partial charge in [-0.2, -0.15) is 0 Å². The molecule has 0 aromatic heterocycles. The van der Waals surface area contributed by atoms with Crippen molar-refractivity contribution in [2.45, 2.75) is 52.2 Å². The molecule has 0 aliphatic carbocycles. The zero-order chi connectivity index (χ0) is 18.5. The van der Waals surface area contributed by atoms with Crippen molar-refractivity contribution in [3.8, 4) is 5.75 Å². The fourth-order valence-corrected chi connectivity index (χ4v) is 2.21. The number of nitrogens with one attached hydrogen (secondary N) is 1. The lowest BCUT2D eigenvalue weighted by atomic mass is 9.96. The van der Waals surface area contributed by atoms with Gasteiger partial charge in [0.25, 0.3) is 0 Å². The summed E-state index contributed by atoms with van der Waals surface area (Å²) in [5.41, 5.74) is 6.04. The van der Waals surface area contributed by atoms with Crippen LogP contribution in [0.3, 0.4) is 0 Å². The van der Waals surface area contributed by atoms with E-state index in [1.807, 2.05) is 0 Å². The van der Waals surface area contributed by atoms with Crippen molar-refractivity contribution < 1.29 is 24.5 Å². The van der Waals surface area contributed by atoms with Crippen LogP contribution in [0.2, 0.25) is 0 Å². The molecule has 5 N–H and O–H groups in total. The van der Waals surface area contributed by atoms with Crippen LogP contribution >= 0.6 is 0 Å². The first-order valence-corrected chi connectivity index (χ1v) is 7.77. The van der Waals surface area contributed by atoms with E-state index in [1.165, 1.54) is 6.07 Å². The van der Waals surface area contributed by atoms with Crippen molar-refractivity contribution >= 4 is 17.7 Å². The number of benzene rings is 1. The van der Waals surface area contributed by atoms with Gasteiger partial charge in [-0.25, -0.2) is 4.79 Å². The number of nitrogens with two attached hydrogens (primary N) is 1. The van der Waals surface area contributed by atoms with E-state index >= 15 is 0 Å². The minimum atomic E-state index is -0.934. The van der Waals surface area contributed by atoms with E-state index in [0.29, 0.717) is 6.42 Å². The summed E-state index contributed by atoms with van der Waals surface area (Å²) < 4.78 is 5.23. The van der Waals surface area contributed by atoms with E-state index in [9.17, 15) is 14.7 Å². The second-order valence-corrected chi connectivity index (χ2v) is 6.92. The van der Waals surface area contributed by atoms with Crippen molar-refractivity contribution in [2.24, 2.45) is 5.92 Å². The predicted molar refractivity (Wildman–Crippen MR) is 90.8 cm³/mol. The summed E-state index contributed by atoms with van der Waals surface area (Å²) in [6, 6.07) is 4.32. The Morgan fingerprint density at radius 1 is 1.33 bits per heavy atom. The second kappa shape index (κ2) is 7.90. The minimum Gasteiger partial charge on any atom is -0.506 e. The maximum atomic E-state index is 12.0. The third kappa shape index (κ3) is 6.76. The van der Waals surface area contributed by atoms with E-state index in [0.717, 1.165) is 5.56 Å². The number of hydrogen-bond donors (Lipinski definition) is 4. The van der Waals surface area contributed by atoms with Gasteiger partial charge in [0.05, 0.1) is 11.6 Å². The molecule has 7 nitrogen and oxygen atoms in total. The number of carboxylic acid groups (broad SMARTS) is 1. The fraction of sp³-hybridized carbons (Fsp3) is 0.529. The van der Waals surface area contributed by atoms with Gasteiger partial charge in [0.1, 0.15) is 11.4 Å². The molecule has 0 heterocycles. The SMILES string of the molecule is C[C@H](C[C@H](Cc1ccc(O)c(N)c1)NC(=O)OC(C)(C)C)C(=O)O. The zero-order valence-corrected chi connectivity index (χ0v) is 14.5. The van der Waals surface area contributed by atoms with Gasteiger partial charge < -0.3 is 26.0 Å². The molecule has 0 unspecified atom stereocenters. The van der Waals surface area contributed by atoms with E-state index in [4.69, 9.17) is 15.6 Å². The molecule has 0 aliphatic rings. The van der Waals surface area contributed by atoms with Crippen LogP contribution in [0.5, 0.6) is 5.75 Å². The van der Waals surface area contributed by atoms with E-state index in [1.54, 1.807) is 39.8 Å². The lowest BCUT2D eigenvalue weighted by molar-refractivity contribution is -0.141. The van der Waals surface area contributed by atoms with Gasteiger partial charge in [-0.15, -0.1) is 0 Å². The summed E-state index contributed by atoms with van der Waals surface area (Å²) in [5.74, 6) is -1.58. The Hall–Kier alpha value is -2.44. The van der Waals surface area contributed by atoms with Crippen LogP contribution in [0, 0.1) is 5.92 Å². The third-order valence-electron chi connectivity index (χ3n) is 3.35. The minimum absolute atomic E-state index is 0.0192. The van der Waals surface area contributed by atoms with Gasteiger partial charge in [-0.1, -0.05) is 13.0 Å². The summed E-state index contributed by atoms with van der Waals surface area (Å²) in [6.45, 7) is 6.84. The quantitative estimate of drug-likeness (QED) is 0.467. The molecule has 7 heteroatoms. The highest BCUT2D eigenvalue weighted by Gasteiger charge is 2.23. The number of carboxylic acids is 1. The van der Waals surface area contributed by atoms with Gasteiger partial charge >= 0.3 is 12.1 Å². The molecule has 1 rings (SSSR count). The molecule has 2 atom stereocenters. The van der Waals surface area contributed by atoms with Gasteiger partial charge in [-0.05, 0) is 51.3 Å². The van der Waals surface area contributed by atoms with Crippen LogP contribution in [0.1, 0.15) is 39.7 Å². The molecule has 0 saturated heterocycles. The number of carbonyl (C=O) groups is 2. The summed E-state index contributed by atoms with van der Waals surface area (Å²) in [6.07, 6.45) is 0.0216. The zero-order valence-electron chi connectivity index (χ0n) is 14.5. The molecule has 1 aromatic rings. The molecule has 134 valence electrons. The maximum absolute atomic E-state index is 12.0. The number of aromatic hydroxyl groups is 1. The number of amides is 1. The van der Waals surface area contributed by atoms with Crippen LogP contribution in [-0.4, -0.2) is 33.9 Å². The number of ether oxygens (including phenoxy) is 1. The third-order valence-corrected chi connectivity index (χ3v) is 3.35. The smallest absolute Gasteiger partial charge is 0.407 e. The Morgan fingerprint density at radius 3 is 2.46 bits per heavy atom. The normalized spacial score (nSPS) is 13.8. The molecular weight excluding hydrogens is 312 g/mol. The largest absolute Gasteiger partial charge is 0.506 e. The monoisotopic (exact) mass is 338 g/mol. The lowest BCUT2D eigenvalue weighted by Crippen LogP contribution is -2.41. The lowest BCUT2D eigenvalue weighted by Gasteiger charge is -2.25. The molecule has 0 aliphatic heterocycles. The van der Waals surface area contributed by atoms with E-state index in [2.05, 4.69) is 5.32 Å². The van der Waals surface area contributed by atoms with E-state index < -0.39 is 29.6 Å². The standard InChI is InChI=1S/C17H26N2O5/c1-10(15(21)22)7-12(19-16(23)24-17(2,3)4)8-11-5-6-14(20)13(18)9-11/h5-6,9-10,12,20H,7-8,18H2,1-4H3,(H,19,23)(H,21,22)/t10-,12-/m1/s1. The van der Waals surface area contributed by atoms with Crippen LogP contribution < -0.4 is 11.1 Å². The van der Waals surface area contributed by atoms with Crippen LogP contribution in [-0.2, 0) is 16.0 Å². The molecule has 24 heavy (non-hydrogen) atoms. The molecular formula is C17H26N2O5. The average Bonchev–Trinajstić information content (AvgIpc) is 2.40. The maximum Gasteiger partial charge on any atom is 0.407 e. The molecule has 0 spiro atoms. The van der Waals surface area contributed by atoms with Gasteiger partial charge in [-0.3, -0.25) is 4.79 Å². The van der Waals surface area contributed by atoms with Crippen molar-refractivity contribution in [3.63, 3.8) is 0 Å². The number of phenolic OH excluding ortho intramolecular Hbond substituents is 1. The van der Waals surface area contributed by atoms with E-state index in [-0.39, 0.29) is 17.9 Å². The van der Waals surface area contributed by atoms with Gasteiger partial charge in [0.15, 0.2) is 0 Å². The Bertz CT molecular complexity index is 595. The van der Waals surface area contributed by atoms with Crippen molar-refractivity contribution in [2.75, 3.05) is 5.73 Å². The van der Waals surface area contributed by atoms with Gasteiger partial charge in [0.2, 0.25) is 0 Å². The first-order valence-electron chi connectivity index (χ1n) is 7.77. The number of anilines is 1. The number of phenols is 1. The number of alkyl carbamates (subject to hydrolysis) is 1. The Morgan fingerprint density at radius 2 is 1.96 bits per heavy atom. The Balaban J connectivity index is 2.85. The topological polar surface area (TPSA) is 122 Å². The van der Waals surface area contributed by atoms with Crippen LogP contribution in [0.25, 0.3) is 0 Å². The number of hydrogen-bond acceptors (Lipinski definition) is 5. The molecule has 0 bridgehead atoms. The summed E-state index contributed by atoms with van der Waals surface area (Å²) >= 11 is 0. The summed E-state index contributed by atoms with van der Waals surface area (Å²) in [5, 5.41) is 21.3. The number of aliphatic carboxylic acids is 1. The molecule has 0 fully saturated rings. The average molecular weight is 338 g/mol. The number of carbonyl (C=O) groups excluding carboxylic acids is 1. The first kappa shape index (κ1) is 19.6. The summed E-state index contributed by atoms with van der Waals surface area (Å²) in [4.78, 5) is 23.1.